The van der Waals surface area contributed by atoms with E-state index in [0.29, 0.717) is 31.9 Å². The monoisotopic (exact) mass is 485 g/mol. The molecule has 2 heterocycles. The Balaban J connectivity index is 1.51. The molecule has 1 aliphatic heterocycles. The topological polar surface area (TPSA) is 80.8 Å². The highest BCUT2D eigenvalue weighted by molar-refractivity contribution is 6.10. The van der Waals surface area contributed by atoms with E-state index < -0.39 is 6.04 Å². The van der Waals surface area contributed by atoms with Gasteiger partial charge >= 0.3 is 0 Å². The summed E-state index contributed by atoms with van der Waals surface area (Å²) < 4.78 is 10.6. The molecule has 3 aromatic rings. The molecule has 1 atom stereocenters. The largest absolute Gasteiger partial charge is 0.497 e. The number of hydrogen-bond acceptors (Lipinski definition) is 5. The van der Waals surface area contributed by atoms with Gasteiger partial charge in [0.25, 0.3) is 5.91 Å². The Kier molecular flexibility index (Phi) is 7.00. The van der Waals surface area contributed by atoms with E-state index in [-0.39, 0.29) is 11.8 Å². The number of ether oxygens (including phenoxy) is 2. The van der Waals surface area contributed by atoms with Crippen molar-refractivity contribution in [1.29, 1.82) is 0 Å². The molecule has 5 rings (SSSR count). The summed E-state index contributed by atoms with van der Waals surface area (Å²) in [6, 6.07) is 15.0. The Hall–Kier alpha value is -3.71. The van der Waals surface area contributed by atoms with Gasteiger partial charge in [-0.3, -0.25) is 9.59 Å². The third-order valence-electron chi connectivity index (χ3n) is 6.89. The summed E-state index contributed by atoms with van der Waals surface area (Å²) >= 11 is 0. The van der Waals surface area contributed by atoms with Gasteiger partial charge in [-0.2, -0.15) is 0 Å². The standard InChI is InChI=1S/C29H31N3O4/c1-19(29(34)32-14-16-36-17-15-32)30-28(33)26-23-7-3-4-9-25(23)31-27-21(6-5-8-24(26)27)18-20-10-12-22(35-2)13-11-20/h3-4,7,9-13,18-19H,5-6,8,14-17H2,1-2H3,(H,30,33)/b21-18+. The molecule has 2 amide bonds. The molecule has 0 saturated carbocycles. The Morgan fingerprint density at radius 3 is 2.58 bits per heavy atom. The molecular weight excluding hydrogens is 454 g/mol. The molecule has 36 heavy (non-hydrogen) atoms. The number of carbonyl (C=O) groups excluding carboxylic acids is 2. The van der Waals surface area contributed by atoms with Crippen molar-refractivity contribution in [3.8, 4) is 5.75 Å². The maximum atomic E-state index is 13.7. The van der Waals surface area contributed by atoms with Gasteiger partial charge in [-0.15, -0.1) is 0 Å². The van der Waals surface area contributed by atoms with E-state index >= 15 is 0 Å². The number of nitrogens with zero attached hydrogens (tertiary/aromatic N) is 2. The predicted octanol–water partition coefficient (Wildman–Crippen LogP) is 4.10. The van der Waals surface area contributed by atoms with E-state index in [1.807, 2.05) is 48.5 Å². The quantitative estimate of drug-likeness (QED) is 0.589. The maximum absolute atomic E-state index is 13.7. The van der Waals surface area contributed by atoms with Gasteiger partial charge in [-0.05, 0) is 67.2 Å². The molecule has 186 valence electrons. The number of allylic oxidation sites excluding steroid dienone is 1. The van der Waals surface area contributed by atoms with E-state index in [9.17, 15) is 9.59 Å². The van der Waals surface area contributed by atoms with Crippen LogP contribution in [0.15, 0.2) is 48.5 Å². The molecule has 2 aliphatic rings. The zero-order valence-corrected chi connectivity index (χ0v) is 20.8. The first-order valence-corrected chi connectivity index (χ1v) is 12.5. The fourth-order valence-electron chi connectivity index (χ4n) is 5.02. The van der Waals surface area contributed by atoms with Crippen LogP contribution in [0.25, 0.3) is 22.6 Å². The van der Waals surface area contributed by atoms with E-state index in [4.69, 9.17) is 14.5 Å². The second-order valence-corrected chi connectivity index (χ2v) is 9.26. The van der Waals surface area contributed by atoms with Gasteiger partial charge in [-0.25, -0.2) is 4.98 Å². The van der Waals surface area contributed by atoms with Crippen LogP contribution in [0.3, 0.4) is 0 Å². The fraction of sp³-hybridized carbons (Fsp3) is 0.345. The number of nitrogens with one attached hydrogen (secondary N) is 1. The average Bonchev–Trinajstić information content (AvgIpc) is 2.92. The first-order chi connectivity index (χ1) is 17.5. The summed E-state index contributed by atoms with van der Waals surface area (Å²) in [5.74, 6) is 0.494. The number of methoxy groups -OCH3 is 1. The third kappa shape index (κ3) is 4.84. The number of benzene rings is 2. The summed E-state index contributed by atoms with van der Waals surface area (Å²) in [6.07, 6.45) is 4.72. The van der Waals surface area contributed by atoms with Crippen molar-refractivity contribution in [2.24, 2.45) is 0 Å². The van der Waals surface area contributed by atoms with E-state index in [1.54, 1.807) is 18.9 Å². The molecule has 1 aromatic heterocycles. The molecule has 0 bridgehead atoms. The lowest BCUT2D eigenvalue weighted by atomic mass is 9.85. The van der Waals surface area contributed by atoms with Crippen LogP contribution in [0.2, 0.25) is 0 Å². The van der Waals surface area contributed by atoms with Gasteiger partial charge in [0.1, 0.15) is 11.8 Å². The lowest BCUT2D eigenvalue weighted by Gasteiger charge is -2.30. The zero-order chi connectivity index (χ0) is 25.1. The lowest BCUT2D eigenvalue weighted by Crippen LogP contribution is -2.50. The van der Waals surface area contributed by atoms with Gasteiger partial charge in [0.15, 0.2) is 0 Å². The number of carbonyl (C=O) groups is 2. The SMILES string of the molecule is COc1ccc(/C=C2\CCCc3c2nc2ccccc2c3C(=O)NC(C)C(=O)N2CCOCC2)cc1. The Morgan fingerprint density at radius 1 is 1.08 bits per heavy atom. The van der Waals surface area contributed by atoms with Crippen LogP contribution in [0, 0.1) is 0 Å². The molecule has 7 heteroatoms. The lowest BCUT2D eigenvalue weighted by molar-refractivity contribution is -0.136. The highest BCUT2D eigenvalue weighted by atomic mass is 16.5. The van der Waals surface area contributed by atoms with Crippen LogP contribution in [0.1, 0.15) is 46.9 Å². The van der Waals surface area contributed by atoms with Crippen LogP contribution in [-0.4, -0.2) is 61.2 Å². The molecule has 1 aliphatic carbocycles. The Bertz CT molecular complexity index is 1310. The van der Waals surface area contributed by atoms with Gasteiger partial charge < -0.3 is 19.7 Å². The molecule has 1 saturated heterocycles. The van der Waals surface area contributed by atoms with Crippen LogP contribution < -0.4 is 10.1 Å². The highest BCUT2D eigenvalue weighted by Gasteiger charge is 2.28. The van der Waals surface area contributed by atoms with Crippen LogP contribution in [0.4, 0.5) is 0 Å². The first-order valence-electron chi connectivity index (χ1n) is 12.5. The van der Waals surface area contributed by atoms with Crippen molar-refractivity contribution >= 4 is 34.4 Å². The molecule has 7 nitrogen and oxygen atoms in total. The smallest absolute Gasteiger partial charge is 0.252 e. The van der Waals surface area contributed by atoms with Gasteiger partial charge in [-0.1, -0.05) is 30.3 Å². The number of amides is 2. The summed E-state index contributed by atoms with van der Waals surface area (Å²) in [7, 11) is 1.65. The van der Waals surface area contributed by atoms with E-state index in [2.05, 4.69) is 11.4 Å². The van der Waals surface area contributed by atoms with Crippen molar-refractivity contribution in [2.75, 3.05) is 33.4 Å². The van der Waals surface area contributed by atoms with Gasteiger partial charge in [0, 0.05) is 18.5 Å². The van der Waals surface area contributed by atoms with E-state index in [0.717, 1.165) is 58.3 Å². The van der Waals surface area contributed by atoms with Crippen LogP contribution in [-0.2, 0) is 16.0 Å². The predicted molar refractivity (Wildman–Crippen MR) is 140 cm³/mol. The molecule has 1 fully saturated rings. The van der Waals surface area contributed by atoms with Crippen molar-refractivity contribution in [3.05, 3.63) is 70.9 Å². The molecule has 0 radical (unpaired) electrons. The van der Waals surface area contributed by atoms with Crippen molar-refractivity contribution < 1.29 is 19.1 Å². The number of morpholine rings is 1. The van der Waals surface area contributed by atoms with Gasteiger partial charge in [0.05, 0.1) is 37.1 Å². The van der Waals surface area contributed by atoms with Crippen molar-refractivity contribution in [2.45, 2.75) is 32.2 Å². The molecular formula is C29H31N3O4. The first kappa shape index (κ1) is 24.0. The number of hydrogen-bond donors (Lipinski definition) is 1. The van der Waals surface area contributed by atoms with Crippen LogP contribution >= 0.6 is 0 Å². The summed E-state index contributed by atoms with van der Waals surface area (Å²) in [5.41, 5.74) is 5.38. The average molecular weight is 486 g/mol. The van der Waals surface area contributed by atoms with Crippen molar-refractivity contribution in [3.63, 3.8) is 0 Å². The normalized spacial score (nSPS) is 17.5. The van der Waals surface area contributed by atoms with E-state index in [1.165, 1.54) is 0 Å². The maximum Gasteiger partial charge on any atom is 0.252 e. The minimum absolute atomic E-state index is 0.0843. The molecule has 0 spiro atoms. The third-order valence-corrected chi connectivity index (χ3v) is 6.89. The number of fused-ring (bicyclic) bond motifs is 2. The summed E-state index contributed by atoms with van der Waals surface area (Å²) in [5, 5.41) is 3.79. The second kappa shape index (κ2) is 10.5. The molecule has 1 unspecified atom stereocenters. The number of rotatable bonds is 5. The summed E-state index contributed by atoms with van der Waals surface area (Å²) in [4.78, 5) is 33.4. The number of para-hydroxylation sites is 1. The Labute approximate surface area is 211 Å². The minimum Gasteiger partial charge on any atom is -0.497 e. The molecule has 2 aromatic carbocycles. The summed E-state index contributed by atoms with van der Waals surface area (Å²) in [6.45, 7) is 3.90. The number of aromatic nitrogens is 1. The van der Waals surface area contributed by atoms with Crippen molar-refractivity contribution in [1.82, 2.24) is 15.2 Å². The molecule has 1 N–H and O–H groups in total. The fourth-order valence-corrected chi connectivity index (χ4v) is 5.02. The minimum atomic E-state index is -0.629. The number of pyridine rings is 1. The zero-order valence-electron chi connectivity index (χ0n) is 20.8. The van der Waals surface area contributed by atoms with Gasteiger partial charge in [0.2, 0.25) is 5.91 Å². The second-order valence-electron chi connectivity index (χ2n) is 9.26. The van der Waals surface area contributed by atoms with Crippen LogP contribution in [0.5, 0.6) is 5.75 Å². The Morgan fingerprint density at radius 2 is 1.83 bits per heavy atom. The highest BCUT2D eigenvalue weighted by Crippen LogP contribution is 2.36.